The zero-order valence-electron chi connectivity index (χ0n) is 19.2. The third-order valence-electron chi connectivity index (χ3n) is 5.70. The summed E-state index contributed by atoms with van der Waals surface area (Å²) in [7, 11) is 0. The van der Waals surface area contributed by atoms with Crippen LogP contribution in [0, 0.1) is 0 Å². The van der Waals surface area contributed by atoms with Crippen molar-refractivity contribution in [2.24, 2.45) is 0 Å². The molecule has 180 valence electrons. The average Bonchev–Trinajstić information content (AvgIpc) is 3.52. The van der Waals surface area contributed by atoms with Gasteiger partial charge in [-0.2, -0.15) is 0 Å². The summed E-state index contributed by atoms with van der Waals surface area (Å²) < 4.78 is 19.2. The number of rotatable bonds is 7. The van der Waals surface area contributed by atoms with Crippen molar-refractivity contribution in [2.75, 3.05) is 24.3 Å². The number of nitrogens with one attached hydrogen (secondary N) is 1. The minimum atomic E-state index is -0.156. The second-order valence-corrected chi connectivity index (χ2v) is 9.16. The van der Waals surface area contributed by atoms with E-state index in [0.717, 1.165) is 16.5 Å². The Morgan fingerprint density at radius 3 is 2.58 bits per heavy atom. The molecular weight excluding hydrogens is 476 g/mol. The Morgan fingerprint density at radius 2 is 1.72 bits per heavy atom. The number of nitrogens with zero attached hydrogens (tertiary/aromatic N) is 3. The number of benzene rings is 3. The molecule has 3 heterocycles. The van der Waals surface area contributed by atoms with E-state index in [1.807, 2.05) is 65.2 Å². The van der Waals surface area contributed by atoms with Gasteiger partial charge in [0.1, 0.15) is 18.8 Å². The van der Waals surface area contributed by atoms with Crippen LogP contribution < -0.4 is 14.8 Å². The summed E-state index contributed by atoms with van der Waals surface area (Å²) in [5.74, 6) is 2.57. The smallest absolute Gasteiger partial charge is 0.234 e. The lowest BCUT2D eigenvalue weighted by molar-refractivity contribution is -0.113. The number of hydrogen-bond donors (Lipinski definition) is 1. The summed E-state index contributed by atoms with van der Waals surface area (Å²) in [6.07, 6.45) is 0. The number of thioether (sulfide) groups is 1. The molecule has 8 nitrogen and oxygen atoms in total. The fraction of sp³-hybridized carbons (Fsp3) is 0.148. The first-order valence-corrected chi connectivity index (χ1v) is 12.5. The number of aromatic nitrogens is 3. The summed E-state index contributed by atoms with van der Waals surface area (Å²) in [5, 5.41) is 13.4. The molecule has 6 rings (SSSR count). The van der Waals surface area contributed by atoms with Crippen molar-refractivity contribution in [1.29, 1.82) is 0 Å². The summed E-state index contributed by atoms with van der Waals surface area (Å²) in [6.45, 7) is 1.56. The number of ether oxygens (including phenoxy) is 2. The van der Waals surface area contributed by atoms with Gasteiger partial charge in [0.25, 0.3) is 0 Å². The minimum absolute atomic E-state index is 0.156. The molecule has 9 heteroatoms. The van der Waals surface area contributed by atoms with Crippen LogP contribution in [0.2, 0.25) is 0 Å². The zero-order valence-corrected chi connectivity index (χ0v) is 20.0. The molecule has 1 aliphatic rings. The SMILES string of the molecule is O=C(CSc1nnc(-c2cc3ccccc3o2)n1Cc1ccccc1)Nc1ccc2c(c1)OCCO2. The van der Waals surface area contributed by atoms with E-state index in [1.165, 1.54) is 11.8 Å². The molecule has 5 aromatic rings. The molecule has 0 saturated carbocycles. The summed E-state index contributed by atoms with van der Waals surface area (Å²) in [5.41, 5.74) is 2.53. The Balaban J connectivity index is 1.22. The first-order chi connectivity index (χ1) is 17.7. The van der Waals surface area contributed by atoms with Gasteiger partial charge in [-0.25, -0.2) is 0 Å². The number of fused-ring (bicyclic) bond motifs is 2. The molecule has 0 aliphatic carbocycles. The van der Waals surface area contributed by atoms with E-state index in [-0.39, 0.29) is 11.7 Å². The first kappa shape index (κ1) is 22.2. The molecule has 0 saturated heterocycles. The van der Waals surface area contributed by atoms with Crippen molar-refractivity contribution in [3.63, 3.8) is 0 Å². The Kier molecular flexibility index (Phi) is 6.05. The number of carbonyl (C=O) groups is 1. The van der Waals surface area contributed by atoms with E-state index >= 15 is 0 Å². The molecular formula is C27H22N4O4S. The van der Waals surface area contributed by atoms with Gasteiger partial charge < -0.3 is 19.2 Å². The number of para-hydroxylation sites is 1. The van der Waals surface area contributed by atoms with Crippen LogP contribution in [-0.4, -0.2) is 39.6 Å². The summed E-state index contributed by atoms with van der Waals surface area (Å²) in [4.78, 5) is 12.7. The zero-order chi connectivity index (χ0) is 24.3. The Bertz CT molecular complexity index is 1500. The molecule has 0 bridgehead atoms. The van der Waals surface area contributed by atoms with E-state index in [4.69, 9.17) is 13.9 Å². The van der Waals surface area contributed by atoms with Crippen LogP contribution >= 0.6 is 11.8 Å². The lowest BCUT2D eigenvalue weighted by atomic mass is 10.2. The van der Waals surface area contributed by atoms with Crippen LogP contribution in [0.3, 0.4) is 0 Å². The monoisotopic (exact) mass is 498 g/mol. The molecule has 0 atom stereocenters. The van der Waals surface area contributed by atoms with E-state index in [0.29, 0.717) is 53.7 Å². The van der Waals surface area contributed by atoms with Crippen LogP contribution in [0.5, 0.6) is 11.5 Å². The summed E-state index contributed by atoms with van der Waals surface area (Å²) >= 11 is 1.32. The van der Waals surface area contributed by atoms with Crippen molar-refractivity contribution in [3.8, 4) is 23.1 Å². The maximum Gasteiger partial charge on any atom is 0.234 e. The van der Waals surface area contributed by atoms with Crippen LogP contribution in [0.4, 0.5) is 5.69 Å². The lowest BCUT2D eigenvalue weighted by Gasteiger charge is -2.19. The van der Waals surface area contributed by atoms with Gasteiger partial charge in [0.15, 0.2) is 22.4 Å². The highest BCUT2D eigenvalue weighted by Crippen LogP contribution is 2.33. The maximum absolute atomic E-state index is 12.7. The molecule has 0 fully saturated rings. The molecule has 1 aliphatic heterocycles. The van der Waals surface area contributed by atoms with E-state index in [1.54, 1.807) is 18.2 Å². The number of amides is 1. The molecule has 3 aromatic carbocycles. The van der Waals surface area contributed by atoms with Crippen molar-refractivity contribution in [3.05, 3.63) is 84.4 Å². The highest BCUT2D eigenvalue weighted by Gasteiger charge is 2.20. The van der Waals surface area contributed by atoms with E-state index < -0.39 is 0 Å². The molecule has 0 unspecified atom stereocenters. The fourth-order valence-corrected chi connectivity index (χ4v) is 4.76. The Hall–Kier alpha value is -4.24. The highest BCUT2D eigenvalue weighted by molar-refractivity contribution is 7.99. The lowest BCUT2D eigenvalue weighted by Crippen LogP contribution is -2.17. The van der Waals surface area contributed by atoms with Gasteiger partial charge >= 0.3 is 0 Å². The number of furan rings is 1. The Labute approximate surface area is 211 Å². The van der Waals surface area contributed by atoms with Gasteiger partial charge in [-0.15, -0.1) is 10.2 Å². The van der Waals surface area contributed by atoms with Crippen LogP contribution in [0.25, 0.3) is 22.6 Å². The van der Waals surface area contributed by atoms with Gasteiger partial charge in [-0.3, -0.25) is 9.36 Å². The van der Waals surface area contributed by atoms with Gasteiger partial charge in [0.2, 0.25) is 11.7 Å². The Morgan fingerprint density at radius 1 is 0.917 bits per heavy atom. The summed E-state index contributed by atoms with van der Waals surface area (Å²) in [6, 6.07) is 25.2. The number of anilines is 1. The minimum Gasteiger partial charge on any atom is -0.486 e. The van der Waals surface area contributed by atoms with Crippen molar-refractivity contribution in [1.82, 2.24) is 14.8 Å². The van der Waals surface area contributed by atoms with Gasteiger partial charge in [-0.1, -0.05) is 60.3 Å². The van der Waals surface area contributed by atoms with Gasteiger partial charge in [0.05, 0.1) is 12.3 Å². The van der Waals surface area contributed by atoms with Crippen LogP contribution in [0.1, 0.15) is 5.56 Å². The second-order valence-electron chi connectivity index (χ2n) is 8.22. The van der Waals surface area contributed by atoms with E-state index in [9.17, 15) is 4.79 Å². The van der Waals surface area contributed by atoms with E-state index in [2.05, 4.69) is 15.5 Å². The predicted molar refractivity (Wildman–Crippen MR) is 138 cm³/mol. The molecule has 36 heavy (non-hydrogen) atoms. The van der Waals surface area contributed by atoms with Gasteiger partial charge in [-0.05, 0) is 29.8 Å². The van der Waals surface area contributed by atoms with Crippen LogP contribution in [0.15, 0.2) is 88.4 Å². The first-order valence-electron chi connectivity index (χ1n) is 11.5. The van der Waals surface area contributed by atoms with Gasteiger partial charge in [0, 0.05) is 17.1 Å². The predicted octanol–water partition coefficient (Wildman–Crippen LogP) is 5.24. The second kappa shape index (κ2) is 9.79. The number of hydrogen-bond acceptors (Lipinski definition) is 7. The number of carbonyl (C=O) groups excluding carboxylic acids is 1. The topological polar surface area (TPSA) is 91.4 Å². The van der Waals surface area contributed by atoms with Crippen molar-refractivity contribution in [2.45, 2.75) is 11.7 Å². The largest absolute Gasteiger partial charge is 0.486 e. The van der Waals surface area contributed by atoms with Crippen molar-refractivity contribution >= 4 is 34.3 Å². The third-order valence-corrected chi connectivity index (χ3v) is 6.67. The normalized spacial score (nSPS) is 12.6. The standard InChI is InChI=1S/C27H22N4O4S/c32-25(28-20-10-11-22-23(15-20)34-13-12-33-22)17-36-27-30-29-26(31(27)16-18-6-2-1-3-7-18)24-14-19-8-4-5-9-21(19)35-24/h1-11,14-15H,12-13,16-17H2,(H,28,32). The average molecular weight is 499 g/mol. The molecule has 2 aromatic heterocycles. The maximum atomic E-state index is 12.7. The molecule has 1 amide bonds. The fourth-order valence-electron chi connectivity index (χ4n) is 4.03. The quantitative estimate of drug-likeness (QED) is 0.307. The molecule has 0 spiro atoms. The van der Waals surface area contributed by atoms with Crippen molar-refractivity contribution < 1.29 is 18.7 Å². The third kappa shape index (κ3) is 4.65. The highest BCUT2D eigenvalue weighted by atomic mass is 32.2. The molecule has 0 radical (unpaired) electrons. The molecule has 1 N–H and O–H groups in total. The van der Waals surface area contributed by atoms with Crippen LogP contribution in [-0.2, 0) is 11.3 Å².